The lowest BCUT2D eigenvalue weighted by Crippen LogP contribution is -2.24. The van der Waals surface area contributed by atoms with Crippen molar-refractivity contribution in [3.05, 3.63) is 54.1 Å². The summed E-state index contributed by atoms with van der Waals surface area (Å²) in [4.78, 5) is 11.4. The Labute approximate surface area is 107 Å². The van der Waals surface area contributed by atoms with Crippen LogP contribution in [0.2, 0.25) is 0 Å². The van der Waals surface area contributed by atoms with Crippen LogP contribution >= 0.6 is 0 Å². The van der Waals surface area contributed by atoms with Crippen molar-refractivity contribution in [2.75, 3.05) is 12.4 Å². The Morgan fingerprint density at radius 2 is 1.67 bits per heavy atom. The Bertz CT molecular complexity index is 547. The third kappa shape index (κ3) is 2.69. The fourth-order valence-corrected chi connectivity index (χ4v) is 1.76. The minimum Gasteiger partial charge on any atom is -0.341 e. The van der Waals surface area contributed by atoms with Gasteiger partial charge in [0.05, 0.1) is 5.69 Å². The highest BCUT2D eigenvalue weighted by Crippen LogP contribution is 2.27. The van der Waals surface area contributed by atoms with E-state index in [-0.39, 0.29) is 6.03 Å². The van der Waals surface area contributed by atoms with Crippen molar-refractivity contribution in [1.29, 1.82) is 0 Å². The quantitative estimate of drug-likeness (QED) is 0.829. The number of anilines is 1. The minimum atomic E-state index is -0.213. The van der Waals surface area contributed by atoms with Crippen molar-refractivity contribution in [2.24, 2.45) is 0 Å². The lowest BCUT2D eigenvalue weighted by Gasteiger charge is -2.11. The van der Waals surface area contributed by atoms with E-state index in [2.05, 4.69) is 41.8 Å². The van der Waals surface area contributed by atoms with Gasteiger partial charge in [-0.15, -0.1) is 0 Å². The van der Waals surface area contributed by atoms with Gasteiger partial charge in [0.2, 0.25) is 0 Å². The van der Waals surface area contributed by atoms with Crippen molar-refractivity contribution in [2.45, 2.75) is 6.92 Å². The summed E-state index contributed by atoms with van der Waals surface area (Å²) in [6, 6.07) is 15.8. The smallest absolute Gasteiger partial charge is 0.318 e. The maximum absolute atomic E-state index is 11.4. The van der Waals surface area contributed by atoms with E-state index in [0.29, 0.717) is 0 Å². The molecule has 0 aromatic heterocycles. The molecule has 0 aliphatic carbocycles. The molecular formula is C15H16N2O. The molecule has 0 aliphatic rings. The predicted molar refractivity (Wildman–Crippen MR) is 74.7 cm³/mol. The van der Waals surface area contributed by atoms with Gasteiger partial charge in [0.25, 0.3) is 0 Å². The summed E-state index contributed by atoms with van der Waals surface area (Å²) in [5.74, 6) is 0. The zero-order valence-corrected chi connectivity index (χ0v) is 10.5. The molecule has 0 aliphatic heterocycles. The third-order valence-corrected chi connectivity index (χ3v) is 2.76. The van der Waals surface area contributed by atoms with Crippen LogP contribution in [0.3, 0.4) is 0 Å². The van der Waals surface area contributed by atoms with Crippen molar-refractivity contribution >= 4 is 11.7 Å². The fraction of sp³-hybridized carbons (Fsp3) is 0.133. The first-order valence-corrected chi connectivity index (χ1v) is 5.85. The molecule has 0 unspecified atom stereocenters. The lowest BCUT2D eigenvalue weighted by molar-refractivity contribution is 0.254. The number of hydrogen-bond donors (Lipinski definition) is 2. The summed E-state index contributed by atoms with van der Waals surface area (Å²) in [5, 5.41) is 5.37. The lowest BCUT2D eigenvalue weighted by atomic mass is 10.0. The van der Waals surface area contributed by atoms with Crippen LogP contribution in [-0.4, -0.2) is 13.1 Å². The number of urea groups is 1. The monoisotopic (exact) mass is 240 g/mol. The fourth-order valence-electron chi connectivity index (χ4n) is 1.76. The van der Waals surface area contributed by atoms with Gasteiger partial charge < -0.3 is 10.6 Å². The van der Waals surface area contributed by atoms with Crippen molar-refractivity contribution < 1.29 is 4.79 Å². The molecule has 3 nitrogen and oxygen atoms in total. The molecule has 92 valence electrons. The van der Waals surface area contributed by atoms with E-state index in [1.807, 2.05) is 24.3 Å². The minimum absolute atomic E-state index is 0.213. The second kappa shape index (κ2) is 5.36. The SMILES string of the molecule is CNC(=O)Nc1ccccc1-c1ccc(C)cc1. The zero-order valence-electron chi connectivity index (χ0n) is 10.5. The van der Waals surface area contributed by atoms with E-state index < -0.39 is 0 Å². The predicted octanol–water partition coefficient (Wildman–Crippen LogP) is 3.41. The van der Waals surface area contributed by atoms with Gasteiger partial charge in [-0.1, -0.05) is 48.0 Å². The van der Waals surface area contributed by atoms with Gasteiger partial charge in [-0.25, -0.2) is 4.79 Å². The highest BCUT2D eigenvalue weighted by atomic mass is 16.2. The number of carbonyl (C=O) groups excluding carboxylic acids is 1. The summed E-state index contributed by atoms with van der Waals surface area (Å²) >= 11 is 0. The second-order valence-corrected chi connectivity index (χ2v) is 4.12. The number of benzene rings is 2. The van der Waals surface area contributed by atoms with Crippen LogP contribution in [-0.2, 0) is 0 Å². The Kier molecular flexibility index (Phi) is 3.63. The standard InChI is InChI=1S/C15H16N2O/c1-11-7-9-12(10-8-11)13-5-3-4-6-14(13)17-15(18)16-2/h3-10H,1-2H3,(H2,16,17,18). The summed E-state index contributed by atoms with van der Waals surface area (Å²) < 4.78 is 0. The highest BCUT2D eigenvalue weighted by molar-refractivity contribution is 5.94. The average molecular weight is 240 g/mol. The molecular weight excluding hydrogens is 224 g/mol. The van der Waals surface area contributed by atoms with Crippen LogP contribution in [0, 0.1) is 6.92 Å². The van der Waals surface area contributed by atoms with Gasteiger partial charge in [-0.2, -0.15) is 0 Å². The van der Waals surface area contributed by atoms with E-state index in [1.165, 1.54) is 5.56 Å². The summed E-state index contributed by atoms with van der Waals surface area (Å²) in [6.07, 6.45) is 0. The van der Waals surface area contributed by atoms with Crippen molar-refractivity contribution in [1.82, 2.24) is 5.32 Å². The van der Waals surface area contributed by atoms with Crippen LogP contribution in [0.25, 0.3) is 11.1 Å². The number of para-hydroxylation sites is 1. The molecule has 18 heavy (non-hydrogen) atoms. The number of hydrogen-bond acceptors (Lipinski definition) is 1. The number of amides is 2. The number of carbonyl (C=O) groups is 1. The maximum Gasteiger partial charge on any atom is 0.318 e. The normalized spacial score (nSPS) is 9.89. The summed E-state index contributed by atoms with van der Waals surface area (Å²) in [7, 11) is 1.60. The zero-order chi connectivity index (χ0) is 13.0. The first kappa shape index (κ1) is 12.2. The maximum atomic E-state index is 11.4. The molecule has 0 bridgehead atoms. The van der Waals surface area contributed by atoms with Gasteiger partial charge in [0.15, 0.2) is 0 Å². The molecule has 2 aromatic rings. The topological polar surface area (TPSA) is 41.1 Å². The molecule has 0 heterocycles. The summed E-state index contributed by atoms with van der Waals surface area (Å²) in [6.45, 7) is 2.05. The molecule has 2 aromatic carbocycles. The molecule has 0 atom stereocenters. The Morgan fingerprint density at radius 1 is 1.00 bits per heavy atom. The molecule has 2 N–H and O–H groups in total. The van der Waals surface area contributed by atoms with Gasteiger partial charge in [-0.05, 0) is 18.6 Å². The Morgan fingerprint density at radius 3 is 2.33 bits per heavy atom. The van der Waals surface area contributed by atoms with Gasteiger partial charge >= 0.3 is 6.03 Å². The van der Waals surface area contributed by atoms with Crippen LogP contribution < -0.4 is 10.6 Å². The van der Waals surface area contributed by atoms with E-state index in [1.54, 1.807) is 7.05 Å². The van der Waals surface area contributed by atoms with Gasteiger partial charge in [0, 0.05) is 12.6 Å². The van der Waals surface area contributed by atoms with Crippen molar-refractivity contribution in [3.8, 4) is 11.1 Å². The Hall–Kier alpha value is -2.29. The number of rotatable bonds is 2. The highest BCUT2D eigenvalue weighted by Gasteiger charge is 2.06. The first-order chi connectivity index (χ1) is 8.70. The van der Waals surface area contributed by atoms with Gasteiger partial charge in [0.1, 0.15) is 0 Å². The summed E-state index contributed by atoms with van der Waals surface area (Å²) in [5.41, 5.74) is 4.13. The van der Waals surface area contributed by atoms with E-state index in [9.17, 15) is 4.79 Å². The molecule has 2 rings (SSSR count). The van der Waals surface area contributed by atoms with E-state index in [4.69, 9.17) is 0 Å². The number of nitrogens with one attached hydrogen (secondary N) is 2. The van der Waals surface area contributed by atoms with E-state index >= 15 is 0 Å². The molecule has 0 saturated heterocycles. The number of aryl methyl sites for hydroxylation is 1. The molecule has 0 saturated carbocycles. The third-order valence-electron chi connectivity index (χ3n) is 2.76. The van der Waals surface area contributed by atoms with Crippen LogP contribution in [0.4, 0.5) is 10.5 Å². The van der Waals surface area contributed by atoms with E-state index in [0.717, 1.165) is 16.8 Å². The molecule has 2 amide bonds. The van der Waals surface area contributed by atoms with Crippen molar-refractivity contribution in [3.63, 3.8) is 0 Å². The largest absolute Gasteiger partial charge is 0.341 e. The molecule has 3 heteroatoms. The average Bonchev–Trinajstić information content (AvgIpc) is 2.40. The molecule has 0 fully saturated rings. The first-order valence-electron chi connectivity index (χ1n) is 5.85. The molecule has 0 spiro atoms. The van der Waals surface area contributed by atoms with Crippen LogP contribution in [0.5, 0.6) is 0 Å². The van der Waals surface area contributed by atoms with Crippen LogP contribution in [0.1, 0.15) is 5.56 Å². The van der Waals surface area contributed by atoms with Crippen LogP contribution in [0.15, 0.2) is 48.5 Å². The van der Waals surface area contributed by atoms with Gasteiger partial charge in [-0.3, -0.25) is 0 Å². The molecule has 0 radical (unpaired) electrons. The second-order valence-electron chi connectivity index (χ2n) is 4.12. The Balaban J connectivity index is 2.38.